The molecule has 3 aliphatic rings. The van der Waals surface area contributed by atoms with Gasteiger partial charge in [-0.25, -0.2) is 0 Å². The Morgan fingerprint density at radius 3 is 2.42 bits per heavy atom. The van der Waals surface area contributed by atoms with Crippen LogP contribution < -0.4 is 0 Å². The highest BCUT2D eigenvalue weighted by Gasteiger charge is 2.56. The first-order valence-electron chi connectivity index (χ1n) is 4.71. The van der Waals surface area contributed by atoms with E-state index in [0.29, 0.717) is 18.3 Å². The zero-order chi connectivity index (χ0) is 8.18. The molecule has 0 aromatic rings. The van der Waals surface area contributed by atoms with Crippen molar-refractivity contribution >= 4 is 5.97 Å². The summed E-state index contributed by atoms with van der Waals surface area (Å²) in [7, 11) is 0. The van der Waals surface area contributed by atoms with Crippen LogP contribution in [0.4, 0.5) is 0 Å². The number of esters is 1. The summed E-state index contributed by atoms with van der Waals surface area (Å²) in [5.41, 5.74) is -0.0723. The van der Waals surface area contributed by atoms with E-state index in [-0.39, 0.29) is 11.6 Å². The molecule has 1 heterocycles. The Morgan fingerprint density at radius 1 is 1.33 bits per heavy atom. The summed E-state index contributed by atoms with van der Waals surface area (Å²) in [6, 6.07) is 0. The van der Waals surface area contributed by atoms with Crippen LogP contribution in [0.15, 0.2) is 12.2 Å². The van der Waals surface area contributed by atoms with Crippen LogP contribution >= 0.6 is 0 Å². The predicted octanol–water partition coefficient (Wildman–Crippen LogP) is 1.66. The van der Waals surface area contributed by atoms with Crippen molar-refractivity contribution < 1.29 is 9.53 Å². The van der Waals surface area contributed by atoms with Gasteiger partial charge in [-0.05, 0) is 19.3 Å². The second kappa shape index (κ2) is 1.93. The molecule has 0 radical (unpaired) electrons. The minimum Gasteiger partial charge on any atom is -0.458 e. The van der Waals surface area contributed by atoms with Crippen molar-refractivity contribution in [2.24, 2.45) is 11.8 Å². The standard InChI is InChI=1S/C10H12O2/c11-9-5-6-10(12-9)7-1-2-8(10)4-3-7/h1-2,7-8H,3-6H2/t7-,8+,10?. The van der Waals surface area contributed by atoms with E-state index in [1.807, 2.05) is 0 Å². The molecule has 64 valence electrons. The van der Waals surface area contributed by atoms with E-state index in [0.717, 1.165) is 6.42 Å². The molecule has 2 bridgehead atoms. The lowest BCUT2D eigenvalue weighted by Crippen LogP contribution is -2.34. The number of carbonyl (C=O) groups is 1. The SMILES string of the molecule is O=C1CCC2(O1)[C@@H]1C=C[C@H]2CC1. The van der Waals surface area contributed by atoms with Crippen molar-refractivity contribution in [3.05, 3.63) is 12.2 Å². The molecule has 3 atom stereocenters. The fourth-order valence-corrected chi connectivity index (χ4v) is 3.04. The molecule has 1 saturated heterocycles. The van der Waals surface area contributed by atoms with Crippen LogP contribution in [0.25, 0.3) is 0 Å². The van der Waals surface area contributed by atoms with Crippen molar-refractivity contribution in [1.29, 1.82) is 0 Å². The Hall–Kier alpha value is -0.790. The molecule has 3 rings (SSSR count). The van der Waals surface area contributed by atoms with Gasteiger partial charge in [0.05, 0.1) is 0 Å². The summed E-state index contributed by atoms with van der Waals surface area (Å²) in [4.78, 5) is 11.1. The number of rotatable bonds is 0. The second-order valence-corrected chi connectivity index (χ2v) is 4.10. The quantitative estimate of drug-likeness (QED) is 0.402. The number of ether oxygens (including phenoxy) is 1. The lowest BCUT2D eigenvalue weighted by atomic mass is 9.88. The maximum atomic E-state index is 11.1. The molecule has 0 aromatic heterocycles. The Morgan fingerprint density at radius 2 is 2.00 bits per heavy atom. The normalized spacial score (nSPS) is 49.2. The fourth-order valence-electron chi connectivity index (χ4n) is 3.04. The molecule has 1 unspecified atom stereocenters. The summed E-state index contributed by atoms with van der Waals surface area (Å²) >= 11 is 0. The molecule has 1 spiro atoms. The minimum atomic E-state index is -0.0723. The molecular weight excluding hydrogens is 152 g/mol. The van der Waals surface area contributed by atoms with Gasteiger partial charge in [-0.1, -0.05) is 12.2 Å². The van der Waals surface area contributed by atoms with Crippen LogP contribution in [-0.4, -0.2) is 11.6 Å². The van der Waals surface area contributed by atoms with Crippen molar-refractivity contribution in [3.63, 3.8) is 0 Å². The molecule has 0 amide bonds. The molecular formula is C10H12O2. The Balaban J connectivity index is 1.98. The van der Waals surface area contributed by atoms with E-state index in [4.69, 9.17) is 4.74 Å². The Labute approximate surface area is 71.6 Å². The van der Waals surface area contributed by atoms with Crippen molar-refractivity contribution in [2.75, 3.05) is 0 Å². The number of hydrogen-bond donors (Lipinski definition) is 0. The van der Waals surface area contributed by atoms with E-state index in [9.17, 15) is 4.79 Å². The molecule has 2 nitrogen and oxygen atoms in total. The maximum Gasteiger partial charge on any atom is 0.306 e. The highest BCUT2D eigenvalue weighted by molar-refractivity contribution is 5.73. The Kier molecular flexibility index (Phi) is 1.07. The van der Waals surface area contributed by atoms with Gasteiger partial charge in [-0.3, -0.25) is 4.79 Å². The average molecular weight is 164 g/mol. The van der Waals surface area contributed by atoms with Gasteiger partial charge in [0, 0.05) is 18.3 Å². The van der Waals surface area contributed by atoms with E-state index < -0.39 is 0 Å². The van der Waals surface area contributed by atoms with Gasteiger partial charge < -0.3 is 4.74 Å². The molecule has 12 heavy (non-hydrogen) atoms. The lowest BCUT2D eigenvalue weighted by Gasteiger charge is -2.27. The average Bonchev–Trinajstić information content (AvgIpc) is 2.71. The molecule has 2 heteroatoms. The summed E-state index contributed by atoms with van der Waals surface area (Å²) in [5, 5.41) is 0. The molecule has 1 saturated carbocycles. The second-order valence-electron chi connectivity index (χ2n) is 4.10. The minimum absolute atomic E-state index is 0.00981. The van der Waals surface area contributed by atoms with Crippen LogP contribution in [0.5, 0.6) is 0 Å². The highest BCUT2D eigenvalue weighted by Crippen LogP contribution is 2.54. The highest BCUT2D eigenvalue weighted by atomic mass is 16.6. The van der Waals surface area contributed by atoms with Gasteiger partial charge in [-0.15, -0.1) is 0 Å². The predicted molar refractivity (Wildman–Crippen MR) is 43.4 cm³/mol. The third-order valence-electron chi connectivity index (χ3n) is 3.64. The summed E-state index contributed by atoms with van der Waals surface area (Å²) in [6.45, 7) is 0. The largest absolute Gasteiger partial charge is 0.458 e. The van der Waals surface area contributed by atoms with Gasteiger partial charge in [-0.2, -0.15) is 0 Å². The molecule has 0 N–H and O–H groups in total. The zero-order valence-electron chi connectivity index (χ0n) is 6.95. The van der Waals surface area contributed by atoms with E-state index in [1.165, 1.54) is 12.8 Å². The smallest absolute Gasteiger partial charge is 0.306 e. The Bertz CT molecular complexity index is 253. The van der Waals surface area contributed by atoms with Crippen LogP contribution in [0.3, 0.4) is 0 Å². The number of hydrogen-bond acceptors (Lipinski definition) is 2. The van der Waals surface area contributed by atoms with Crippen LogP contribution in [0.2, 0.25) is 0 Å². The monoisotopic (exact) mass is 164 g/mol. The van der Waals surface area contributed by atoms with Gasteiger partial charge in [0.25, 0.3) is 0 Å². The van der Waals surface area contributed by atoms with E-state index in [2.05, 4.69) is 12.2 Å². The molecule has 2 fully saturated rings. The topological polar surface area (TPSA) is 26.3 Å². The van der Waals surface area contributed by atoms with Crippen LogP contribution in [0, 0.1) is 11.8 Å². The van der Waals surface area contributed by atoms with E-state index in [1.54, 1.807) is 0 Å². The van der Waals surface area contributed by atoms with Crippen molar-refractivity contribution in [1.82, 2.24) is 0 Å². The van der Waals surface area contributed by atoms with E-state index >= 15 is 0 Å². The number of carbonyl (C=O) groups excluding carboxylic acids is 1. The fraction of sp³-hybridized carbons (Fsp3) is 0.700. The molecule has 0 aromatic carbocycles. The first kappa shape index (κ1) is 6.70. The van der Waals surface area contributed by atoms with Gasteiger partial charge in [0.1, 0.15) is 5.60 Å². The first-order valence-corrected chi connectivity index (χ1v) is 4.71. The third kappa shape index (κ3) is 0.598. The lowest BCUT2D eigenvalue weighted by molar-refractivity contribution is -0.151. The van der Waals surface area contributed by atoms with Crippen molar-refractivity contribution in [3.8, 4) is 0 Å². The van der Waals surface area contributed by atoms with Crippen LogP contribution in [0.1, 0.15) is 25.7 Å². The third-order valence-corrected chi connectivity index (χ3v) is 3.64. The summed E-state index contributed by atoms with van der Waals surface area (Å²) < 4.78 is 5.50. The van der Waals surface area contributed by atoms with Crippen molar-refractivity contribution in [2.45, 2.75) is 31.3 Å². The zero-order valence-corrected chi connectivity index (χ0v) is 6.95. The van der Waals surface area contributed by atoms with Crippen LogP contribution in [-0.2, 0) is 9.53 Å². The van der Waals surface area contributed by atoms with Gasteiger partial charge in [0.2, 0.25) is 0 Å². The first-order chi connectivity index (χ1) is 5.81. The molecule has 1 aliphatic heterocycles. The maximum absolute atomic E-state index is 11.1. The van der Waals surface area contributed by atoms with Gasteiger partial charge in [0.15, 0.2) is 0 Å². The summed E-state index contributed by atoms with van der Waals surface area (Å²) in [5.74, 6) is 1.08. The summed E-state index contributed by atoms with van der Waals surface area (Å²) in [6.07, 6.45) is 8.51. The van der Waals surface area contributed by atoms with Gasteiger partial charge >= 0.3 is 5.97 Å². The molecule has 2 aliphatic carbocycles.